The van der Waals surface area contributed by atoms with Gasteiger partial charge in [-0.15, -0.1) is 0 Å². The largest absolute Gasteiger partial charge is 0.478 e. The summed E-state index contributed by atoms with van der Waals surface area (Å²) in [5.74, 6) is -0.433. The molecule has 1 amide bonds. The zero-order valence-corrected chi connectivity index (χ0v) is 18.9. The number of carboxylic acids is 1. The minimum Gasteiger partial charge on any atom is -0.478 e. The predicted octanol–water partition coefficient (Wildman–Crippen LogP) is 5.52. The van der Waals surface area contributed by atoms with Crippen molar-refractivity contribution in [2.45, 2.75) is 90.2 Å². The SMILES string of the molecule is CC/C(=C\C1OC(C)(C)N(C(=O)OCc2ccccc2)[C@H]1CC1CCCCC1)C(=O)O. The van der Waals surface area contributed by atoms with E-state index in [1.54, 1.807) is 11.0 Å². The van der Waals surface area contributed by atoms with Crippen molar-refractivity contribution in [2.75, 3.05) is 0 Å². The minimum atomic E-state index is -0.939. The molecule has 6 nitrogen and oxygen atoms in total. The first kappa shape index (κ1) is 23.3. The maximum atomic E-state index is 13.2. The van der Waals surface area contributed by atoms with Crippen LogP contribution in [0.4, 0.5) is 4.79 Å². The Kier molecular flexibility index (Phi) is 7.76. The molecule has 2 aliphatic rings. The standard InChI is InChI=1S/C25H35NO5/c1-4-20(23(27)28)16-22-21(15-18-11-7-5-8-12-18)26(25(2,3)31-22)24(29)30-17-19-13-9-6-10-14-19/h6,9-10,13-14,16,18,21-22H,4-5,7-8,11-12,15,17H2,1-3H3,(H,27,28)/b20-16+/t21-,22?/m0/s1. The van der Waals surface area contributed by atoms with Gasteiger partial charge in [-0.3, -0.25) is 4.90 Å². The van der Waals surface area contributed by atoms with Crippen molar-refractivity contribution in [1.82, 2.24) is 4.90 Å². The van der Waals surface area contributed by atoms with Gasteiger partial charge in [-0.1, -0.05) is 69.4 Å². The van der Waals surface area contributed by atoms with Crippen molar-refractivity contribution in [2.24, 2.45) is 5.92 Å². The van der Waals surface area contributed by atoms with Crippen LogP contribution in [0, 0.1) is 5.92 Å². The number of carboxylic acid groups (broad SMARTS) is 1. The van der Waals surface area contributed by atoms with E-state index < -0.39 is 23.9 Å². The molecule has 1 saturated heterocycles. The normalized spacial score (nSPS) is 24.2. The van der Waals surface area contributed by atoms with Crippen LogP contribution in [0.1, 0.15) is 71.3 Å². The number of hydrogen-bond donors (Lipinski definition) is 1. The molecule has 1 aromatic carbocycles. The van der Waals surface area contributed by atoms with E-state index in [4.69, 9.17) is 9.47 Å². The number of carbonyl (C=O) groups is 2. The second kappa shape index (κ2) is 10.3. The fourth-order valence-electron chi connectivity index (χ4n) is 4.85. The Balaban J connectivity index is 1.83. The van der Waals surface area contributed by atoms with Gasteiger partial charge in [-0.05, 0) is 44.2 Å². The highest BCUT2D eigenvalue weighted by molar-refractivity contribution is 5.86. The zero-order chi connectivity index (χ0) is 22.4. The minimum absolute atomic E-state index is 0.193. The molecule has 1 heterocycles. The first-order valence-electron chi connectivity index (χ1n) is 11.4. The van der Waals surface area contributed by atoms with E-state index >= 15 is 0 Å². The second-order valence-corrected chi connectivity index (χ2v) is 9.10. The van der Waals surface area contributed by atoms with Gasteiger partial charge in [0, 0.05) is 5.57 Å². The van der Waals surface area contributed by atoms with Crippen molar-refractivity contribution in [3.05, 3.63) is 47.5 Å². The number of hydrogen-bond acceptors (Lipinski definition) is 4. The monoisotopic (exact) mass is 429 g/mol. The van der Waals surface area contributed by atoms with Gasteiger partial charge in [0.2, 0.25) is 0 Å². The molecule has 1 aliphatic heterocycles. The molecule has 1 unspecified atom stereocenters. The molecular formula is C25H35NO5. The van der Waals surface area contributed by atoms with Gasteiger partial charge >= 0.3 is 12.1 Å². The number of amides is 1. The molecule has 31 heavy (non-hydrogen) atoms. The first-order valence-corrected chi connectivity index (χ1v) is 11.4. The van der Waals surface area contributed by atoms with E-state index in [0.717, 1.165) is 24.8 Å². The molecule has 1 aliphatic carbocycles. The molecule has 2 fully saturated rings. The van der Waals surface area contributed by atoms with Crippen LogP contribution in [0.2, 0.25) is 0 Å². The van der Waals surface area contributed by atoms with Crippen LogP contribution in [0.5, 0.6) is 0 Å². The first-order chi connectivity index (χ1) is 14.8. The lowest BCUT2D eigenvalue weighted by molar-refractivity contribution is -0.133. The maximum Gasteiger partial charge on any atom is 0.412 e. The van der Waals surface area contributed by atoms with E-state index in [1.807, 2.05) is 51.1 Å². The third-order valence-electron chi connectivity index (χ3n) is 6.44. The van der Waals surface area contributed by atoms with Crippen LogP contribution in [-0.2, 0) is 20.9 Å². The third-order valence-corrected chi connectivity index (χ3v) is 6.44. The number of nitrogens with zero attached hydrogens (tertiary/aromatic N) is 1. The van der Waals surface area contributed by atoms with Gasteiger partial charge in [0.15, 0.2) is 0 Å². The lowest BCUT2D eigenvalue weighted by Gasteiger charge is -2.35. The highest BCUT2D eigenvalue weighted by Gasteiger charge is 2.50. The van der Waals surface area contributed by atoms with Crippen LogP contribution in [0.15, 0.2) is 42.0 Å². The van der Waals surface area contributed by atoms with Crippen molar-refractivity contribution in [3.63, 3.8) is 0 Å². The second-order valence-electron chi connectivity index (χ2n) is 9.10. The molecule has 0 aromatic heterocycles. The Labute approximate surface area is 185 Å². The van der Waals surface area contributed by atoms with Crippen molar-refractivity contribution >= 4 is 12.1 Å². The van der Waals surface area contributed by atoms with E-state index in [-0.39, 0.29) is 12.6 Å². The molecule has 6 heteroatoms. The topological polar surface area (TPSA) is 76.1 Å². The Morgan fingerprint density at radius 1 is 1.19 bits per heavy atom. The quantitative estimate of drug-likeness (QED) is 0.578. The smallest absolute Gasteiger partial charge is 0.412 e. The fraction of sp³-hybridized carbons (Fsp3) is 0.600. The average molecular weight is 430 g/mol. The molecule has 1 saturated carbocycles. The van der Waals surface area contributed by atoms with Crippen LogP contribution < -0.4 is 0 Å². The Morgan fingerprint density at radius 3 is 2.48 bits per heavy atom. The summed E-state index contributed by atoms with van der Waals surface area (Å²) >= 11 is 0. The van der Waals surface area contributed by atoms with Gasteiger partial charge in [0.1, 0.15) is 12.3 Å². The third kappa shape index (κ3) is 5.88. The zero-order valence-electron chi connectivity index (χ0n) is 18.9. The van der Waals surface area contributed by atoms with Crippen LogP contribution in [0.3, 0.4) is 0 Å². The summed E-state index contributed by atoms with van der Waals surface area (Å²) in [5, 5.41) is 9.53. The van der Waals surface area contributed by atoms with Gasteiger partial charge in [-0.2, -0.15) is 0 Å². The number of benzene rings is 1. The number of rotatable bonds is 7. The van der Waals surface area contributed by atoms with Crippen LogP contribution in [0.25, 0.3) is 0 Å². The van der Waals surface area contributed by atoms with E-state index in [2.05, 4.69) is 0 Å². The highest BCUT2D eigenvalue weighted by atomic mass is 16.6. The maximum absolute atomic E-state index is 13.2. The van der Waals surface area contributed by atoms with Gasteiger partial charge in [0.05, 0.1) is 12.1 Å². The molecule has 0 radical (unpaired) electrons. The number of carbonyl (C=O) groups excluding carboxylic acids is 1. The van der Waals surface area contributed by atoms with Crippen molar-refractivity contribution in [3.8, 4) is 0 Å². The number of ether oxygens (including phenoxy) is 2. The van der Waals surface area contributed by atoms with Crippen LogP contribution in [-0.4, -0.2) is 39.9 Å². The average Bonchev–Trinajstić information content (AvgIpc) is 3.00. The van der Waals surface area contributed by atoms with E-state index in [9.17, 15) is 14.7 Å². The van der Waals surface area contributed by atoms with Gasteiger partial charge < -0.3 is 14.6 Å². The van der Waals surface area contributed by atoms with Gasteiger partial charge in [0.25, 0.3) is 0 Å². The molecule has 3 rings (SSSR count). The van der Waals surface area contributed by atoms with Crippen LogP contribution >= 0.6 is 0 Å². The molecule has 0 bridgehead atoms. The molecule has 1 N–H and O–H groups in total. The summed E-state index contributed by atoms with van der Waals surface area (Å²) in [6, 6.07) is 9.35. The summed E-state index contributed by atoms with van der Waals surface area (Å²) in [6.45, 7) is 5.72. The molecule has 0 spiro atoms. The highest BCUT2D eigenvalue weighted by Crippen LogP contribution is 2.39. The predicted molar refractivity (Wildman–Crippen MR) is 118 cm³/mol. The Hall–Kier alpha value is -2.34. The summed E-state index contributed by atoms with van der Waals surface area (Å²) < 4.78 is 11.9. The molecule has 170 valence electrons. The van der Waals surface area contributed by atoms with Gasteiger partial charge in [-0.25, -0.2) is 9.59 Å². The fourth-order valence-corrected chi connectivity index (χ4v) is 4.85. The summed E-state index contributed by atoms with van der Waals surface area (Å²) in [7, 11) is 0. The summed E-state index contributed by atoms with van der Waals surface area (Å²) in [4.78, 5) is 26.5. The summed E-state index contributed by atoms with van der Waals surface area (Å²) in [6.07, 6.45) is 7.96. The van der Waals surface area contributed by atoms with Crippen molar-refractivity contribution in [1.29, 1.82) is 0 Å². The van der Waals surface area contributed by atoms with E-state index in [1.165, 1.54) is 19.3 Å². The number of aliphatic carboxylic acids is 1. The molecule has 1 aromatic rings. The summed E-state index contributed by atoms with van der Waals surface area (Å²) in [5.41, 5.74) is 0.355. The Morgan fingerprint density at radius 2 is 1.87 bits per heavy atom. The van der Waals surface area contributed by atoms with E-state index in [0.29, 0.717) is 17.9 Å². The lowest BCUT2D eigenvalue weighted by atomic mass is 9.83. The molecule has 2 atom stereocenters. The Bertz CT molecular complexity index is 782. The van der Waals surface area contributed by atoms with Crippen molar-refractivity contribution < 1.29 is 24.2 Å². The lowest BCUT2D eigenvalue weighted by Crippen LogP contribution is -2.49. The molecular weight excluding hydrogens is 394 g/mol.